The molecular formula is C35H34FN5O2. The van der Waals surface area contributed by atoms with E-state index in [1.807, 2.05) is 30.3 Å². The molecule has 0 amide bonds. The van der Waals surface area contributed by atoms with Crippen LogP contribution in [0.25, 0.3) is 43.7 Å². The Bertz CT molecular complexity index is 1950. The molecule has 218 valence electrons. The number of nitrogens with zero attached hydrogens (tertiary/aromatic N) is 4. The highest BCUT2D eigenvalue weighted by atomic mass is 19.1. The zero-order valence-corrected chi connectivity index (χ0v) is 24.3. The molecule has 4 unspecified atom stereocenters. The molecule has 3 aromatic carbocycles. The van der Waals surface area contributed by atoms with Gasteiger partial charge in [0.15, 0.2) is 5.82 Å². The van der Waals surface area contributed by atoms with Gasteiger partial charge >= 0.3 is 0 Å². The third kappa shape index (κ3) is 4.02. The van der Waals surface area contributed by atoms with E-state index in [1.54, 1.807) is 19.1 Å². The molecule has 4 aliphatic rings. The molecular weight excluding hydrogens is 541 g/mol. The quantitative estimate of drug-likeness (QED) is 0.241. The van der Waals surface area contributed by atoms with Crippen molar-refractivity contribution in [3.05, 3.63) is 66.1 Å². The summed E-state index contributed by atoms with van der Waals surface area (Å²) in [7, 11) is 2.11. The fourth-order valence-electron chi connectivity index (χ4n) is 7.79. The van der Waals surface area contributed by atoms with Crippen LogP contribution in [0.1, 0.15) is 43.7 Å². The maximum absolute atomic E-state index is 17.2. The predicted molar refractivity (Wildman–Crippen MR) is 166 cm³/mol. The smallest absolute Gasteiger partial charge is 0.223 e. The third-order valence-corrected chi connectivity index (χ3v) is 10.2. The number of hydrogen-bond acceptors (Lipinski definition) is 6. The van der Waals surface area contributed by atoms with Crippen molar-refractivity contribution in [3.63, 3.8) is 0 Å². The van der Waals surface area contributed by atoms with E-state index in [2.05, 4.69) is 40.2 Å². The van der Waals surface area contributed by atoms with Crippen LogP contribution in [-0.2, 0) is 0 Å². The lowest BCUT2D eigenvalue weighted by molar-refractivity contribution is 0.195. The number of ether oxygens (including phenoxy) is 1. The van der Waals surface area contributed by atoms with Crippen LogP contribution < -0.4 is 10.1 Å². The number of rotatable bonds is 6. The molecule has 2 aromatic heterocycles. The number of phenols is 1. The van der Waals surface area contributed by atoms with Crippen molar-refractivity contribution in [2.75, 3.05) is 26.7 Å². The number of aromatic nitrogens is 2. The topological polar surface area (TPSA) is 86.3 Å². The molecule has 43 heavy (non-hydrogen) atoms. The van der Waals surface area contributed by atoms with Gasteiger partial charge in [0.2, 0.25) is 5.88 Å². The van der Waals surface area contributed by atoms with E-state index in [1.165, 1.54) is 0 Å². The number of halogens is 1. The van der Waals surface area contributed by atoms with Crippen molar-refractivity contribution in [1.29, 1.82) is 5.26 Å². The van der Waals surface area contributed by atoms with Crippen molar-refractivity contribution in [2.24, 2.45) is 5.92 Å². The molecule has 2 bridgehead atoms. The van der Waals surface area contributed by atoms with Crippen LogP contribution in [-0.4, -0.2) is 58.4 Å². The largest absolute Gasteiger partial charge is 0.508 e. The fourth-order valence-corrected chi connectivity index (χ4v) is 7.79. The fraction of sp³-hybridized carbons (Fsp3) is 0.371. The molecule has 3 saturated heterocycles. The maximum atomic E-state index is 17.2. The van der Waals surface area contributed by atoms with Crippen LogP contribution in [0.3, 0.4) is 0 Å². The Hall–Kier alpha value is -4.19. The first kappa shape index (κ1) is 26.4. The molecule has 7 nitrogen and oxygen atoms in total. The number of aromatic hydroxyl groups is 1. The minimum atomic E-state index is -0.594. The van der Waals surface area contributed by atoms with Crippen molar-refractivity contribution in [1.82, 2.24) is 19.8 Å². The summed E-state index contributed by atoms with van der Waals surface area (Å²) in [5.74, 6) is -0.0893. The second-order valence-corrected chi connectivity index (χ2v) is 12.6. The molecule has 2 N–H and O–H groups in total. The summed E-state index contributed by atoms with van der Waals surface area (Å²) >= 11 is 0. The van der Waals surface area contributed by atoms with E-state index in [9.17, 15) is 10.4 Å². The molecule has 9 rings (SSSR count). The number of phenolic OH excluding ortho intramolecular Hbond substituents is 1. The minimum absolute atomic E-state index is 0.0405. The van der Waals surface area contributed by atoms with E-state index < -0.39 is 11.7 Å². The lowest BCUT2D eigenvalue weighted by Gasteiger charge is -2.36. The normalized spacial score (nSPS) is 24.0. The van der Waals surface area contributed by atoms with Gasteiger partial charge in [0.25, 0.3) is 0 Å². The van der Waals surface area contributed by atoms with Crippen LogP contribution in [0.2, 0.25) is 0 Å². The summed E-state index contributed by atoms with van der Waals surface area (Å²) in [4.78, 5) is 7.19. The van der Waals surface area contributed by atoms with Gasteiger partial charge in [-0.15, -0.1) is 0 Å². The van der Waals surface area contributed by atoms with E-state index in [-0.39, 0.29) is 17.3 Å². The van der Waals surface area contributed by atoms with Crippen LogP contribution in [0.5, 0.6) is 11.6 Å². The van der Waals surface area contributed by atoms with Gasteiger partial charge < -0.3 is 24.6 Å². The highest BCUT2D eigenvalue weighted by molar-refractivity contribution is 6.09. The van der Waals surface area contributed by atoms with E-state index in [0.717, 1.165) is 54.0 Å². The molecule has 8 heteroatoms. The molecule has 0 radical (unpaired) electrons. The number of hydrogen-bond donors (Lipinski definition) is 2. The molecule has 5 aromatic rings. The monoisotopic (exact) mass is 575 g/mol. The average Bonchev–Trinajstić information content (AvgIpc) is 3.81. The maximum Gasteiger partial charge on any atom is 0.223 e. The van der Waals surface area contributed by atoms with Crippen molar-refractivity contribution >= 4 is 32.6 Å². The Morgan fingerprint density at radius 2 is 2.05 bits per heavy atom. The molecule has 0 spiro atoms. The van der Waals surface area contributed by atoms with Gasteiger partial charge in [-0.05, 0) is 91.9 Å². The van der Waals surface area contributed by atoms with Crippen molar-refractivity contribution in [2.45, 2.75) is 50.2 Å². The standard InChI is InChI=1S/C35H34FN5O2/c1-19(16-37)26-15-28-32(31(36)30(26)27-14-23(42)12-20-6-3-4-8-24(20)27)39-35(43-18-22-7-5-10-40(22)2)25-9-11-41(34(25)28)33-21-13-29(33)38-17-21/h3-4,6,8-9,11-12,14-15,19,21-22,29,33,38,42H,5,7,10,13,17-18H2,1-2H3/t19?,21?,22-,29?,33?/m0/s1. The van der Waals surface area contributed by atoms with Gasteiger partial charge in [-0.25, -0.2) is 9.37 Å². The molecule has 5 atom stereocenters. The van der Waals surface area contributed by atoms with Crippen LogP contribution in [0.15, 0.2) is 54.7 Å². The zero-order chi connectivity index (χ0) is 29.4. The Balaban J connectivity index is 1.41. The van der Waals surface area contributed by atoms with Gasteiger partial charge in [0.1, 0.15) is 17.9 Å². The number of benzene rings is 3. The second-order valence-electron chi connectivity index (χ2n) is 12.6. The van der Waals surface area contributed by atoms with Gasteiger partial charge in [0, 0.05) is 35.8 Å². The summed E-state index contributed by atoms with van der Waals surface area (Å²) in [5, 5.41) is 27.5. The first-order valence-corrected chi connectivity index (χ1v) is 15.3. The summed E-state index contributed by atoms with van der Waals surface area (Å²) in [6.45, 7) is 4.30. The van der Waals surface area contributed by atoms with Gasteiger partial charge in [0.05, 0.1) is 28.9 Å². The van der Waals surface area contributed by atoms with E-state index >= 15 is 4.39 Å². The molecule has 1 aliphatic carbocycles. The van der Waals surface area contributed by atoms with Crippen molar-refractivity contribution in [3.8, 4) is 28.8 Å². The van der Waals surface area contributed by atoms with E-state index in [0.29, 0.717) is 52.6 Å². The lowest BCUT2D eigenvalue weighted by Crippen LogP contribution is -2.38. The summed E-state index contributed by atoms with van der Waals surface area (Å²) in [6, 6.07) is 18.2. The Morgan fingerprint density at radius 3 is 2.79 bits per heavy atom. The number of pyridine rings is 1. The zero-order valence-electron chi connectivity index (χ0n) is 24.3. The molecule has 4 fully saturated rings. The number of likely N-dealkylation sites (tertiary alicyclic amines) is 1. The highest BCUT2D eigenvalue weighted by Gasteiger charge is 2.48. The van der Waals surface area contributed by atoms with Crippen LogP contribution >= 0.6 is 0 Å². The highest BCUT2D eigenvalue weighted by Crippen LogP contribution is 2.48. The second kappa shape index (κ2) is 9.94. The number of nitrogens with one attached hydrogen (secondary N) is 1. The van der Waals surface area contributed by atoms with Gasteiger partial charge in [-0.1, -0.05) is 24.3 Å². The Morgan fingerprint density at radius 1 is 1.19 bits per heavy atom. The molecule has 5 heterocycles. The Kier molecular flexibility index (Phi) is 6.11. The predicted octanol–water partition coefficient (Wildman–Crippen LogP) is 6.49. The number of likely N-dealkylation sites (N-methyl/N-ethyl adjacent to an activating group) is 1. The average molecular weight is 576 g/mol. The SMILES string of the molecule is CC(C#N)c1cc2c(nc(OC[C@@H]3CCCN3C)c3ccn(C4C5CNC4C5)c32)c(F)c1-c1cc(O)cc2ccccc12. The minimum Gasteiger partial charge on any atom is -0.508 e. The van der Waals surface area contributed by atoms with Crippen LogP contribution in [0, 0.1) is 23.1 Å². The summed E-state index contributed by atoms with van der Waals surface area (Å²) < 4.78 is 26.0. The first-order valence-electron chi connectivity index (χ1n) is 15.3. The van der Waals surface area contributed by atoms with Gasteiger partial charge in [-0.2, -0.15) is 5.26 Å². The summed E-state index contributed by atoms with van der Waals surface area (Å²) in [5.41, 5.74) is 2.54. The summed E-state index contributed by atoms with van der Waals surface area (Å²) in [6.07, 6.45) is 5.43. The number of fused-ring (bicyclic) bond motifs is 5. The van der Waals surface area contributed by atoms with E-state index in [4.69, 9.17) is 9.72 Å². The number of nitriles is 1. The molecule has 1 saturated carbocycles. The lowest BCUT2D eigenvalue weighted by atomic mass is 9.80. The van der Waals surface area contributed by atoms with Crippen molar-refractivity contribution < 1.29 is 14.2 Å². The van der Waals surface area contributed by atoms with Crippen LogP contribution in [0.4, 0.5) is 4.39 Å². The molecule has 3 aliphatic heterocycles. The van der Waals surface area contributed by atoms with Gasteiger partial charge in [-0.3, -0.25) is 0 Å². The Labute approximate surface area is 249 Å². The first-order chi connectivity index (χ1) is 20.9. The third-order valence-electron chi connectivity index (χ3n) is 10.2.